The van der Waals surface area contributed by atoms with Gasteiger partial charge in [-0.3, -0.25) is 9.59 Å². The maximum absolute atomic E-state index is 11.6. The quantitative estimate of drug-likeness (QED) is 0.395. The van der Waals surface area contributed by atoms with Crippen LogP contribution in [0.1, 0.15) is 12.5 Å². The Kier molecular flexibility index (Phi) is 4.29. The van der Waals surface area contributed by atoms with Crippen LogP contribution < -0.4 is 5.32 Å². The van der Waals surface area contributed by atoms with Gasteiger partial charge in [0.1, 0.15) is 11.3 Å². The van der Waals surface area contributed by atoms with Gasteiger partial charge >= 0.3 is 0 Å². The Balaban J connectivity index is 1.90. The second-order valence-electron chi connectivity index (χ2n) is 5.66. The fraction of sp³-hybridized carbons (Fsp3) is 0.100. The third-order valence-electron chi connectivity index (χ3n) is 3.88. The summed E-state index contributed by atoms with van der Waals surface area (Å²) in [5, 5.41) is 14.6. The molecule has 0 radical (unpaired) electrons. The van der Waals surface area contributed by atoms with Crippen LogP contribution in [0.3, 0.4) is 0 Å². The van der Waals surface area contributed by atoms with Crippen molar-refractivity contribution in [2.75, 3.05) is 6.54 Å². The largest absolute Gasteiger partial charge is 0.507 e. The lowest BCUT2D eigenvalue weighted by molar-refractivity contribution is -0.117. The number of nitrogens with one attached hydrogen (secondary N) is 1. The van der Waals surface area contributed by atoms with Crippen LogP contribution in [0.25, 0.3) is 16.8 Å². The highest BCUT2D eigenvalue weighted by Gasteiger charge is 2.28. The zero-order valence-corrected chi connectivity index (χ0v) is 13.2. The van der Waals surface area contributed by atoms with E-state index in [1.807, 2.05) is 37.3 Å². The van der Waals surface area contributed by atoms with Crippen LogP contribution in [0.4, 0.5) is 0 Å². The average Bonchev–Trinajstić information content (AvgIpc) is 2.92. The second-order valence-corrected chi connectivity index (χ2v) is 5.66. The fourth-order valence-electron chi connectivity index (χ4n) is 2.69. The number of Topliss-reactive ketones (excluding diaryl/α,β-unsaturated/α-hetero) is 1. The maximum atomic E-state index is 11.6. The van der Waals surface area contributed by atoms with Crippen LogP contribution in [-0.2, 0) is 9.59 Å². The van der Waals surface area contributed by atoms with Gasteiger partial charge in [0.2, 0.25) is 0 Å². The molecule has 2 N–H and O–H groups in total. The number of ketones is 1. The van der Waals surface area contributed by atoms with Crippen molar-refractivity contribution >= 4 is 28.5 Å². The minimum absolute atomic E-state index is 0.0586. The molecule has 3 rings (SSSR count). The van der Waals surface area contributed by atoms with Crippen molar-refractivity contribution in [3.63, 3.8) is 0 Å². The molecule has 1 amide bonds. The lowest BCUT2D eigenvalue weighted by atomic mass is 10.0. The highest BCUT2D eigenvalue weighted by atomic mass is 16.3. The number of benzene rings is 2. The molecule has 0 saturated carbocycles. The number of rotatable bonds is 3. The molecular weight excluding hydrogens is 302 g/mol. The van der Waals surface area contributed by atoms with Crippen molar-refractivity contribution in [2.24, 2.45) is 0 Å². The molecule has 0 spiro atoms. The summed E-state index contributed by atoms with van der Waals surface area (Å²) in [7, 11) is 0. The number of carbonyl (C=O) groups is 2. The van der Waals surface area contributed by atoms with Gasteiger partial charge in [-0.25, -0.2) is 0 Å². The van der Waals surface area contributed by atoms with Gasteiger partial charge in [-0.2, -0.15) is 0 Å². The molecule has 1 fully saturated rings. The summed E-state index contributed by atoms with van der Waals surface area (Å²) in [6, 6.07) is 14.2. The third kappa shape index (κ3) is 3.13. The number of hydrogen-bond donors (Lipinski definition) is 2. The molecule has 24 heavy (non-hydrogen) atoms. The van der Waals surface area contributed by atoms with Crippen LogP contribution >= 0.6 is 0 Å². The summed E-state index contributed by atoms with van der Waals surface area (Å²) in [4.78, 5) is 23.1. The lowest BCUT2D eigenvalue weighted by Crippen LogP contribution is -2.14. The number of fused-ring (bicyclic) bond motifs is 1. The SMILES string of the molecule is CC(/C=C/C(O)=C1\C(=O)CNC1=O)=C\c1cccc2ccccc12. The molecule has 120 valence electrons. The minimum atomic E-state index is -0.530. The van der Waals surface area contributed by atoms with Crippen LogP contribution in [0.5, 0.6) is 0 Å². The smallest absolute Gasteiger partial charge is 0.259 e. The van der Waals surface area contributed by atoms with E-state index >= 15 is 0 Å². The zero-order valence-electron chi connectivity index (χ0n) is 13.2. The van der Waals surface area contributed by atoms with Crippen molar-refractivity contribution < 1.29 is 14.7 Å². The molecule has 0 aliphatic carbocycles. The Hall–Kier alpha value is -3.14. The van der Waals surface area contributed by atoms with Crippen molar-refractivity contribution in [3.8, 4) is 0 Å². The topological polar surface area (TPSA) is 66.4 Å². The summed E-state index contributed by atoms with van der Waals surface area (Å²) in [5.41, 5.74) is 1.78. The first-order valence-electron chi connectivity index (χ1n) is 7.65. The summed E-state index contributed by atoms with van der Waals surface area (Å²) in [5.74, 6) is -1.23. The van der Waals surface area contributed by atoms with E-state index in [0.717, 1.165) is 21.9 Å². The van der Waals surface area contributed by atoms with Gasteiger partial charge in [0.05, 0.1) is 6.54 Å². The molecule has 4 heteroatoms. The Morgan fingerprint density at radius 2 is 1.83 bits per heavy atom. The van der Waals surface area contributed by atoms with Gasteiger partial charge in [0.25, 0.3) is 5.91 Å². The number of hydrogen-bond acceptors (Lipinski definition) is 3. The van der Waals surface area contributed by atoms with Gasteiger partial charge in [-0.05, 0) is 29.3 Å². The zero-order chi connectivity index (χ0) is 17.1. The fourth-order valence-corrected chi connectivity index (χ4v) is 2.69. The Morgan fingerprint density at radius 1 is 1.08 bits per heavy atom. The molecule has 0 unspecified atom stereocenters. The predicted octanol–water partition coefficient (Wildman–Crippen LogP) is 3.31. The summed E-state index contributed by atoms with van der Waals surface area (Å²) < 4.78 is 0. The number of amides is 1. The normalized spacial score (nSPS) is 17.6. The summed E-state index contributed by atoms with van der Waals surface area (Å²) in [6.07, 6.45) is 5.06. The van der Waals surface area contributed by atoms with Gasteiger partial charge in [0, 0.05) is 0 Å². The van der Waals surface area contributed by atoms with E-state index in [1.165, 1.54) is 6.08 Å². The summed E-state index contributed by atoms with van der Waals surface area (Å²) >= 11 is 0. The average molecular weight is 319 g/mol. The molecular formula is C20H17NO3. The number of carbonyl (C=O) groups excluding carboxylic acids is 2. The molecule has 1 aliphatic rings. The summed E-state index contributed by atoms with van der Waals surface area (Å²) in [6.45, 7) is 1.84. The van der Waals surface area contributed by atoms with E-state index < -0.39 is 11.7 Å². The Labute approximate surface area is 139 Å². The van der Waals surface area contributed by atoms with Crippen LogP contribution in [0.15, 0.2) is 71.5 Å². The monoisotopic (exact) mass is 319 g/mol. The first-order chi connectivity index (χ1) is 11.6. The Morgan fingerprint density at radius 3 is 2.58 bits per heavy atom. The Bertz CT molecular complexity index is 896. The number of aliphatic hydroxyl groups is 1. The molecule has 1 aliphatic heterocycles. The highest BCUT2D eigenvalue weighted by molar-refractivity contribution is 6.25. The van der Waals surface area contributed by atoms with Crippen molar-refractivity contribution in [1.29, 1.82) is 0 Å². The number of aliphatic hydroxyl groups excluding tert-OH is 1. The van der Waals surface area contributed by atoms with E-state index in [-0.39, 0.29) is 17.9 Å². The van der Waals surface area contributed by atoms with E-state index in [9.17, 15) is 14.7 Å². The van der Waals surface area contributed by atoms with Crippen LogP contribution in [0, 0.1) is 0 Å². The molecule has 0 bridgehead atoms. The van der Waals surface area contributed by atoms with E-state index in [2.05, 4.69) is 23.5 Å². The molecule has 4 nitrogen and oxygen atoms in total. The first-order valence-corrected chi connectivity index (χ1v) is 7.65. The standard InChI is InChI=1S/C20H17NO3/c1-13(9-10-17(22)19-18(23)12-21-20(19)24)11-15-7-4-6-14-5-2-3-8-16(14)15/h2-11,22H,12H2,1H3,(H,21,24)/b10-9+,13-11+,19-17-. The van der Waals surface area contributed by atoms with E-state index in [1.54, 1.807) is 6.08 Å². The van der Waals surface area contributed by atoms with E-state index in [0.29, 0.717) is 0 Å². The third-order valence-corrected chi connectivity index (χ3v) is 3.88. The van der Waals surface area contributed by atoms with Crippen LogP contribution in [0.2, 0.25) is 0 Å². The maximum Gasteiger partial charge on any atom is 0.259 e. The lowest BCUT2D eigenvalue weighted by Gasteiger charge is -2.03. The molecule has 0 atom stereocenters. The minimum Gasteiger partial charge on any atom is -0.507 e. The predicted molar refractivity (Wildman–Crippen MR) is 94.4 cm³/mol. The van der Waals surface area contributed by atoms with E-state index in [4.69, 9.17) is 0 Å². The second kappa shape index (κ2) is 6.54. The van der Waals surface area contributed by atoms with Crippen LogP contribution in [-0.4, -0.2) is 23.3 Å². The highest BCUT2D eigenvalue weighted by Crippen LogP contribution is 2.21. The first kappa shape index (κ1) is 15.7. The van der Waals surface area contributed by atoms with Crippen molar-refractivity contribution in [3.05, 3.63) is 77.1 Å². The van der Waals surface area contributed by atoms with Gasteiger partial charge in [-0.15, -0.1) is 0 Å². The van der Waals surface area contributed by atoms with Crippen molar-refractivity contribution in [1.82, 2.24) is 5.32 Å². The molecule has 1 saturated heterocycles. The van der Waals surface area contributed by atoms with Gasteiger partial charge in [0.15, 0.2) is 5.78 Å². The molecule has 2 aromatic rings. The number of allylic oxidation sites excluding steroid dienone is 3. The van der Waals surface area contributed by atoms with Crippen molar-refractivity contribution in [2.45, 2.75) is 6.92 Å². The molecule has 1 heterocycles. The molecule has 2 aromatic carbocycles. The van der Waals surface area contributed by atoms with Gasteiger partial charge < -0.3 is 10.4 Å². The molecule has 0 aromatic heterocycles. The van der Waals surface area contributed by atoms with Gasteiger partial charge in [-0.1, -0.05) is 60.2 Å².